The molecular weight excluding hydrogens is 304 g/mol. The van der Waals surface area contributed by atoms with Gasteiger partial charge in [-0.05, 0) is 43.2 Å². The van der Waals surface area contributed by atoms with Gasteiger partial charge in [-0.15, -0.1) is 0 Å². The maximum Gasteiger partial charge on any atom is 0.237 e. The lowest BCUT2D eigenvalue weighted by Gasteiger charge is -2.17. The molecule has 1 amide bonds. The highest BCUT2D eigenvalue weighted by Gasteiger charge is 2.15. The van der Waals surface area contributed by atoms with Crippen LogP contribution in [0.5, 0.6) is 11.5 Å². The van der Waals surface area contributed by atoms with E-state index in [1.807, 2.05) is 61.5 Å². The van der Waals surface area contributed by atoms with Crippen molar-refractivity contribution in [1.82, 2.24) is 5.32 Å². The van der Waals surface area contributed by atoms with Gasteiger partial charge in [0.05, 0.1) is 19.7 Å². The number of nitrogens with one attached hydrogen (secondary N) is 1. The maximum absolute atomic E-state index is 12.1. The first kappa shape index (κ1) is 17.8. The number of carbonyl (C=O) groups excluding carboxylic acids is 1. The molecule has 0 aliphatic heterocycles. The van der Waals surface area contributed by atoms with Crippen LogP contribution in [0.25, 0.3) is 0 Å². The third-order valence-corrected chi connectivity index (χ3v) is 3.60. The first-order chi connectivity index (χ1) is 11.6. The number of nitrogens with two attached hydrogens (primary N) is 1. The summed E-state index contributed by atoms with van der Waals surface area (Å²) < 4.78 is 10.9. The van der Waals surface area contributed by atoms with Crippen molar-refractivity contribution < 1.29 is 14.3 Å². The molecule has 5 nitrogen and oxygen atoms in total. The maximum atomic E-state index is 12.1. The van der Waals surface area contributed by atoms with Crippen LogP contribution in [0.15, 0.2) is 54.6 Å². The second-order valence-corrected chi connectivity index (χ2v) is 5.65. The van der Waals surface area contributed by atoms with Crippen molar-refractivity contribution in [3.8, 4) is 11.5 Å². The van der Waals surface area contributed by atoms with E-state index < -0.39 is 6.04 Å². The lowest BCUT2D eigenvalue weighted by molar-refractivity contribution is -0.122. The molecule has 2 aromatic carbocycles. The normalized spacial score (nSPS) is 13.0. The number of carbonyl (C=O) groups is 1. The Hall–Kier alpha value is -2.53. The number of benzene rings is 2. The van der Waals surface area contributed by atoms with Crippen molar-refractivity contribution in [3.63, 3.8) is 0 Å². The van der Waals surface area contributed by atoms with Crippen molar-refractivity contribution in [2.45, 2.75) is 25.5 Å². The molecule has 0 heterocycles. The minimum atomic E-state index is -0.569. The lowest BCUT2D eigenvalue weighted by Crippen LogP contribution is -2.45. The molecule has 0 saturated heterocycles. The average Bonchev–Trinajstić information content (AvgIpc) is 2.61. The number of hydrogen-bond acceptors (Lipinski definition) is 4. The molecule has 0 aromatic heterocycles. The van der Waals surface area contributed by atoms with Crippen LogP contribution in [0.2, 0.25) is 0 Å². The highest BCUT2D eigenvalue weighted by Crippen LogP contribution is 2.17. The summed E-state index contributed by atoms with van der Waals surface area (Å²) in [6, 6.07) is 16.5. The van der Waals surface area contributed by atoms with Crippen LogP contribution in [0.1, 0.15) is 12.5 Å². The molecule has 128 valence electrons. The zero-order chi connectivity index (χ0) is 17.4. The van der Waals surface area contributed by atoms with Gasteiger partial charge in [-0.25, -0.2) is 0 Å². The zero-order valence-corrected chi connectivity index (χ0v) is 14.1. The third-order valence-electron chi connectivity index (χ3n) is 3.60. The van der Waals surface area contributed by atoms with E-state index in [-0.39, 0.29) is 12.0 Å². The number of rotatable bonds is 8. The highest BCUT2D eigenvalue weighted by molar-refractivity contribution is 5.81. The quantitative estimate of drug-likeness (QED) is 0.779. The predicted molar refractivity (Wildman–Crippen MR) is 94.2 cm³/mol. The Morgan fingerprint density at radius 1 is 1.08 bits per heavy atom. The molecule has 5 heteroatoms. The molecule has 0 saturated carbocycles. The Kier molecular flexibility index (Phi) is 6.63. The van der Waals surface area contributed by atoms with Crippen molar-refractivity contribution in [1.29, 1.82) is 0 Å². The molecule has 2 atom stereocenters. The SMILES string of the molecule is COc1ccc(OC(C)CNC(=O)[C@@H](N)Cc2ccccc2)cc1. The number of methoxy groups -OCH3 is 1. The van der Waals surface area contributed by atoms with Gasteiger partial charge in [0.1, 0.15) is 17.6 Å². The molecule has 1 unspecified atom stereocenters. The van der Waals surface area contributed by atoms with Crippen LogP contribution in [-0.4, -0.2) is 31.7 Å². The second-order valence-electron chi connectivity index (χ2n) is 5.65. The topological polar surface area (TPSA) is 73.6 Å². The predicted octanol–water partition coefficient (Wildman–Crippen LogP) is 2.15. The molecule has 0 bridgehead atoms. The van der Waals surface area contributed by atoms with Gasteiger partial charge in [0, 0.05) is 0 Å². The Morgan fingerprint density at radius 3 is 2.33 bits per heavy atom. The Labute approximate surface area is 142 Å². The van der Waals surface area contributed by atoms with Crippen LogP contribution in [0.3, 0.4) is 0 Å². The fourth-order valence-electron chi connectivity index (χ4n) is 2.26. The molecule has 0 spiro atoms. The van der Waals surface area contributed by atoms with Crippen molar-refractivity contribution >= 4 is 5.91 Å². The van der Waals surface area contributed by atoms with Gasteiger partial charge < -0.3 is 20.5 Å². The van der Waals surface area contributed by atoms with Crippen LogP contribution >= 0.6 is 0 Å². The van der Waals surface area contributed by atoms with Crippen molar-refractivity contribution in [2.75, 3.05) is 13.7 Å². The summed E-state index contributed by atoms with van der Waals surface area (Å²) in [5.74, 6) is 1.32. The van der Waals surface area contributed by atoms with E-state index in [0.717, 1.165) is 17.1 Å². The van der Waals surface area contributed by atoms with Crippen molar-refractivity contribution in [3.05, 3.63) is 60.2 Å². The molecular formula is C19H24N2O3. The third kappa shape index (κ3) is 5.59. The largest absolute Gasteiger partial charge is 0.497 e. The summed E-state index contributed by atoms with van der Waals surface area (Å²) in [4.78, 5) is 12.1. The average molecular weight is 328 g/mol. The molecule has 24 heavy (non-hydrogen) atoms. The van der Waals surface area contributed by atoms with E-state index in [0.29, 0.717) is 13.0 Å². The lowest BCUT2D eigenvalue weighted by atomic mass is 10.1. The summed E-state index contributed by atoms with van der Waals surface area (Å²) in [6.07, 6.45) is 0.353. The van der Waals surface area contributed by atoms with Gasteiger partial charge in [0.15, 0.2) is 0 Å². The minimum absolute atomic E-state index is 0.161. The Bertz CT molecular complexity index is 629. The molecule has 3 N–H and O–H groups in total. The molecule has 2 rings (SSSR count). The van der Waals surface area contributed by atoms with Crippen molar-refractivity contribution in [2.24, 2.45) is 5.73 Å². The van der Waals surface area contributed by atoms with E-state index in [9.17, 15) is 4.79 Å². The molecule has 0 fully saturated rings. The van der Waals surface area contributed by atoms with Crippen LogP contribution in [0.4, 0.5) is 0 Å². The summed E-state index contributed by atoms with van der Waals surface area (Å²) >= 11 is 0. The smallest absolute Gasteiger partial charge is 0.237 e. The van der Waals surface area contributed by atoms with Crippen LogP contribution in [0, 0.1) is 0 Å². The number of amides is 1. The van der Waals surface area contributed by atoms with E-state index in [2.05, 4.69) is 5.32 Å². The minimum Gasteiger partial charge on any atom is -0.497 e. The molecule has 0 aliphatic carbocycles. The fourth-order valence-corrected chi connectivity index (χ4v) is 2.26. The van der Waals surface area contributed by atoms with E-state index in [1.165, 1.54) is 0 Å². The Balaban J connectivity index is 1.75. The molecule has 2 aromatic rings. The first-order valence-corrected chi connectivity index (χ1v) is 7.96. The van der Waals surface area contributed by atoms with Gasteiger partial charge in [-0.2, -0.15) is 0 Å². The Morgan fingerprint density at radius 2 is 1.71 bits per heavy atom. The number of ether oxygens (including phenoxy) is 2. The van der Waals surface area contributed by atoms with Gasteiger partial charge in [-0.1, -0.05) is 30.3 Å². The zero-order valence-electron chi connectivity index (χ0n) is 14.1. The first-order valence-electron chi connectivity index (χ1n) is 7.96. The van der Waals surface area contributed by atoms with Gasteiger partial charge in [0.2, 0.25) is 5.91 Å². The van der Waals surface area contributed by atoms with Crippen LogP contribution in [-0.2, 0) is 11.2 Å². The summed E-state index contributed by atoms with van der Waals surface area (Å²) in [5.41, 5.74) is 7.00. The second kappa shape index (κ2) is 8.93. The monoisotopic (exact) mass is 328 g/mol. The van der Waals surface area contributed by atoms with E-state index >= 15 is 0 Å². The summed E-state index contributed by atoms with van der Waals surface area (Å²) in [6.45, 7) is 2.29. The van der Waals surface area contributed by atoms with Crippen LogP contribution < -0.4 is 20.5 Å². The van der Waals surface area contributed by atoms with Gasteiger partial charge >= 0.3 is 0 Å². The standard InChI is InChI=1S/C19H24N2O3/c1-14(24-17-10-8-16(23-2)9-11-17)13-21-19(22)18(20)12-15-6-4-3-5-7-15/h3-11,14,18H,12-13,20H2,1-2H3,(H,21,22)/t14?,18-/m0/s1. The van der Waals surface area contributed by atoms with E-state index in [1.54, 1.807) is 7.11 Å². The summed E-state index contributed by atoms with van der Waals surface area (Å²) in [5, 5.41) is 2.83. The van der Waals surface area contributed by atoms with Gasteiger partial charge in [-0.3, -0.25) is 4.79 Å². The van der Waals surface area contributed by atoms with E-state index in [4.69, 9.17) is 15.2 Å². The molecule has 0 aliphatic rings. The van der Waals surface area contributed by atoms with Gasteiger partial charge in [0.25, 0.3) is 0 Å². The summed E-state index contributed by atoms with van der Waals surface area (Å²) in [7, 11) is 1.62. The molecule has 0 radical (unpaired) electrons. The highest BCUT2D eigenvalue weighted by atomic mass is 16.5. The number of hydrogen-bond donors (Lipinski definition) is 2. The fraction of sp³-hybridized carbons (Fsp3) is 0.316.